The van der Waals surface area contributed by atoms with Gasteiger partial charge in [-0.15, -0.1) is 0 Å². The van der Waals surface area contributed by atoms with E-state index < -0.39 is 26.7 Å². The van der Waals surface area contributed by atoms with Gasteiger partial charge in [0, 0.05) is 26.6 Å². The van der Waals surface area contributed by atoms with Crippen molar-refractivity contribution >= 4 is 21.7 Å². The third-order valence-corrected chi connectivity index (χ3v) is 5.65. The molecule has 1 heterocycles. The van der Waals surface area contributed by atoms with Gasteiger partial charge in [-0.05, 0) is 18.8 Å². The van der Waals surface area contributed by atoms with Crippen LogP contribution >= 0.6 is 0 Å². The highest BCUT2D eigenvalue weighted by atomic mass is 32.2. The Bertz CT molecular complexity index is 451. The minimum Gasteiger partial charge on any atom is -0.358 e. The Kier molecular flexibility index (Phi) is 5.98. The monoisotopic (exact) mass is 304 g/mol. The van der Waals surface area contributed by atoms with Crippen LogP contribution in [-0.4, -0.2) is 56.3 Å². The van der Waals surface area contributed by atoms with Crippen molar-refractivity contribution in [2.45, 2.75) is 38.4 Å². The second-order valence-corrected chi connectivity index (χ2v) is 7.94. The van der Waals surface area contributed by atoms with E-state index in [0.29, 0.717) is 38.3 Å². The summed E-state index contributed by atoms with van der Waals surface area (Å²) in [6.07, 6.45) is 1.34. The molecule has 1 fully saturated rings. The summed E-state index contributed by atoms with van der Waals surface area (Å²) < 4.78 is 24.1. The van der Waals surface area contributed by atoms with Crippen molar-refractivity contribution in [1.82, 2.24) is 10.2 Å². The molecule has 7 heteroatoms. The molecule has 0 radical (unpaired) electrons. The fourth-order valence-electron chi connectivity index (χ4n) is 2.32. The number of carbonyl (C=O) groups excluding carboxylic acids is 2. The predicted octanol–water partition coefficient (Wildman–Crippen LogP) is 0.184. The van der Waals surface area contributed by atoms with E-state index in [9.17, 15) is 18.0 Å². The van der Waals surface area contributed by atoms with E-state index in [1.165, 1.54) is 7.05 Å². The van der Waals surface area contributed by atoms with Crippen LogP contribution in [-0.2, 0) is 19.4 Å². The van der Waals surface area contributed by atoms with Crippen molar-refractivity contribution in [2.75, 3.05) is 25.9 Å². The number of hydrogen-bond donors (Lipinski definition) is 1. The van der Waals surface area contributed by atoms with Crippen molar-refractivity contribution in [2.24, 2.45) is 5.92 Å². The topological polar surface area (TPSA) is 83.6 Å². The third-order valence-electron chi connectivity index (χ3n) is 3.50. The fraction of sp³-hybridized carbons (Fsp3) is 0.846. The van der Waals surface area contributed by atoms with E-state index in [2.05, 4.69) is 5.32 Å². The van der Waals surface area contributed by atoms with Crippen molar-refractivity contribution in [3.63, 3.8) is 0 Å². The SMILES string of the molecule is CNC(=O)CS(=O)(=O)C1CCN(C(=O)CC(C)C)CC1. The highest BCUT2D eigenvalue weighted by molar-refractivity contribution is 7.92. The first-order valence-corrected chi connectivity index (χ1v) is 8.67. The number of nitrogens with zero attached hydrogens (tertiary/aromatic N) is 1. The second-order valence-electron chi connectivity index (χ2n) is 5.66. The summed E-state index contributed by atoms with van der Waals surface area (Å²) in [5.41, 5.74) is 0. The Hall–Kier alpha value is -1.11. The van der Waals surface area contributed by atoms with Gasteiger partial charge >= 0.3 is 0 Å². The standard InChI is InChI=1S/C13H24N2O4S/c1-10(2)8-13(17)15-6-4-11(5-7-15)20(18,19)9-12(16)14-3/h10-11H,4-9H2,1-3H3,(H,14,16). The van der Waals surface area contributed by atoms with Gasteiger partial charge in [0.05, 0.1) is 5.25 Å². The van der Waals surface area contributed by atoms with E-state index in [1.807, 2.05) is 13.8 Å². The number of likely N-dealkylation sites (tertiary alicyclic amines) is 1. The lowest BCUT2D eigenvalue weighted by Crippen LogP contribution is -2.44. The number of amides is 2. The number of carbonyl (C=O) groups is 2. The molecule has 2 amide bonds. The van der Waals surface area contributed by atoms with Gasteiger partial charge in [0.15, 0.2) is 9.84 Å². The summed E-state index contributed by atoms with van der Waals surface area (Å²) in [5, 5.41) is 1.81. The first-order valence-electron chi connectivity index (χ1n) is 6.96. The molecule has 0 aromatic rings. The Labute approximate surface area is 120 Å². The number of nitrogens with one attached hydrogen (secondary N) is 1. The van der Waals surface area contributed by atoms with Crippen LogP contribution < -0.4 is 5.32 Å². The minimum atomic E-state index is -3.42. The Morgan fingerprint density at radius 2 is 1.80 bits per heavy atom. The zero-order chi connectivity index (χ0) is 15.3. The molecule has 116 valence electrons. The average Bonchev–Trinajstić information content (AvgIpc) is 2.37. The molecule has 0 saturated carbocycles. The van der Waals surface area contributed by atoms with Crippen LogP contribution in [0.2, 0.25) is 0 Å². The fourth-order valence-corrected chi connectivity index (χ4v) is 3.99. The molecule has 0 aromatic carbocycles. The Morgan fingerprint density at radius 3 is 2.25 bits per heavy atom. The molecule has 6 nitrogen and oxygen atoms in total. The summed E-state index contributed by atoms with van der Waals surface area (Å²) in [5.74, 6) is -0.559. The molecule has 1 aliphatic heterocycles. The Morgan fingerprint density at radius 1 is 1.25 bits per heavy atom. The van der Waals surface area contributed by atoms with Gasteiger partial charge in [-0.1, -0.05) is 13.8 Å². The molecule has 0 bridgehead atoms. The number of sulfone groups is 1. The first-order chi connectivity index (χ1) is 9.26. The van der Waals surface area contributed by atoms with Crippen LogP contribution in [0, 0.1) is 5.92 Å². The zero-order valence-electron chi connectivity index (χ0n) is 12.4. The smallest absolute Gasteiger partial charge is 0.234 e. The van der Waals surface area contributed by atoms with Gasteiger partial charge in [-0.2, -0.15) is 0 Å². The third kappa shape index (κ3) is 4.77. The summed E-state index contributed by atoms with van der Waals surface area (Å²) in [6, 6.07) is 0. The van der Waals surface area contributed by atoms with E-state index in [4.69, 9.17) is 0 Å². The molecule has 20 heavy (non-hydrogen) atoms. The van der Waals surface area contributed by atoms with Gasteiger partial charge in [0.2, 0.25) is 11.8 Å². The van der Waals surface area contributed by atoms with Crippen LogP contribution in [0.25, 0.3) is 0 Å². The summed E-state index contributed by atoms with van der Waals surface area (Å²) in [4.78, 5) is 24.8. The molecular weight excluding hydrogens is 280 g/mol. The molecule has 1 saturated heterocycles. The maximum absolute atomic E-state index is 12.0. The van der Waals surface area contributed by atoms with Crippen LogP contribution in [0.15, 0.2) is 0 Å². The molecule has 0 atom stereocenters. The second kappa shape index (κ2) is 7.06. The lowest BCUT2D eigenvalue weighted by atomic mass is 10.1. The number of rotatable bonds is 5. The lowest BCUT2D eigenvalue weighted by Gasteiger charge is -2.32. The van der Waals surface area contributed by atoms with E-state index >= 15 is 0 Å². The maximum Gasteiger partial charge on any atom is 0.234 e. The van der Waals surface area contributed by atoms with Crippen molar-refractivity contribution in [1.29, 1.82) is 0 Å². The van der Waals surface area contributed by atoms with Crippen molar-refractivity contribution < 1.29 is 18.0 Å². The van der Waals surface area contributed by atoms with Crippen LogP contribution in [0.1, 0.15) is 33.1 Å². The molecule has 1 N–H and O–H groups in total. The first kappa shape index (κ1) is 16.9. The van der Waals surface area contributed by atoms with Crippen molar-refractivity contribution in [3.05, 3.63) is 0 Å². The summed E-state index contributed by atoms with van der Waals surface area (Å²) >= 11 is 0. The lowest BCUT2D eigenvalue weighted by molar-refractivity contribution is -0.132. The normalized spacial score (nSPS) is 17.3. The van der Waals surface area contributed by atoms with Gasteiger partial charge in [-0.3, -0.25) is 9.59 Å². The summed E-state index contributed by atoms with van der Waals surface area (Å²) in [7, 11) is -2.00. The highest BCUT2D eigenvalue weighted by Crippen LogP contribution is 2.20. The molecule has 0 unspecified atom stereocenters. The van der Waals surface area contributed by atoms with E-state index in [0.717, 1.165) is 0 Å². The van der Waals surface area contributed by atoms with Crippen LogP contribution in [0.3, 0.4) is 0 Å². The average molecular weight is 304 g/mol. The maximum atomic E-state index is 12.0. The molecule has 0 spiro atoms. The van der Waals surface area contributed by atoms with Gasteiger partial charge in [0.1, 0.15) is 5.75 Å². The largest absolute Gasteiger partial charge is 0.358 e. The minimum absolute atomic E-state index is 0.0853. The van der Waals surface area contributed by atoms with Crippen LogP contribution in [0.4, 0.5) is 0 Å². The van der Waals surface area contributed by atoms with Crippen molar-refractivity contribution in [3.8, 4) is 0 Å². The zero-order valence-corrected chi connectivity index (χ0v) is 13.2. The molecule has 1 rings (SSSR count). The highest BCUT2D eigenvalue weighted by Gasteiger charge is 2.32. The van der Waals surface area contributed by atoms with E-state index in [1.54, 1.807) is 4.90 Å². The summed E-state index contributed by atoms with van der Waals surface area (Å²) in [6.45, 7) is 4.89. The Balaban J connectivity index is 2.53. The van der Waals surface area contributed by atoms with Gasteiger partial charge in [0.25, 0.3) is 0 Å². The molecule has 1 aliphatic rings. The molecule has 0 aromatic heterocycles. The predicted molar refractivity (Wildman–Crippen MR) is 76.9 cm³/mol. The van der Waals surface area contributed by atoms with Crippen LogP contribution in [0.5, 0.6) is 0 Å². The molecular formula is C13H24N2O4S. The van der Waals surface area contributed by atoms with Gasteiger partial charge in [-0.25, -0.2) is 8.42 Å². The quantitative estimate of drug-likeness (QED) is 0.785. The van der Waals surface area contributed by atoms with E-state index in [-0.39, 0.29) is 5.91 Å². The number of hydrogen-bond acceptors (Lipinski definition) is 4. The molecule has 0 aliphatic carbocycles. The number of piperidine rings is 1. The van der Waals surface area contributed by atoms with Gasteiger partial charge < -0.3 is 10.2 Å².